The molecule has 36 heavy (non-hydrogen) atoms. The van der Waals surface area contributed by atoms with Gasteiger partial charge in [0, 0.05) is 17.4 Å². The zero-order chi connectivity index (χ0) is 25.7. The van der Waals surface area contributed by atoms with Gasteiger partial charge in [0.2, 0.25) is 5.91 Å². The summed E-state index contributed by atoms with van der Waals surface area (Å²) >= 11 is 0. The molecule has 0 aliphatic rings. The van der Waals surface area contributed by atoms with E-state index in [0.717, 1.165) is 23.3 Å². The van der Waals surface area contributed by atoms with E-state index in [2.05, 4.69) is 15.6 Å². The molecule has 0 saturated heterocycles. The average Bonchev–Trinajstić information content (AvgIpc) is 2.86. The van der Waals surface area contributed by atoms with Gasteiger partial charge in [0.15, 0.2) is 0 Å². The Kier molecular flexibility index (Phi) is 7.15. The zero-order valence-corrected chi connectivity index (χ0v) is 19.3. The minimum atomic E-state index is -4.43. The molecule has 2 N–H and O–H groups in total. The van der Waals surface area contributed by atoms with Gasteiger partial charge < -0.3 is 10.6 Å². The average molecular weight is 489 g/mol. The molecule has 182 valence electrons. The molecule has 1 aromatic heterocycles. The number of amides is 2. The first-order valence-corrected chi connectivity index (χ1v) is 11.1. The minimum Gasteiger partial charge on any atom is -0.322 e. The van der Waals surface area contributed by atoms with E-state index in [9.17, 15) is 22.8 Å². The smallest absolute Gasteiger partial charge is 0.322 e. The highest BCUT2D eigenvalue weighted by atomic mass is 19.4. The van der Waals surface area contributed by atoms with Gasteiger partial charge in [0.25, 0.3) is 5.91 Å². The van der Waals surface area contributed by atoms with E-state index in [1.165, 1.54) is 12.1 Å². The van der Waals surface area contributed by atoms with Gasteiger partial charge in [-0.15, -0.1) is 0 Å². The first kappa shape index (κ1) is 24.7. The second kappa shape index (κ2) is 10.4. The summed E-state index contributed by atoms with van der Waals surface area (Å²) in [5, 5.41) is 5.54. The van der Waals surface area contributed by atoms with E-state index in [4.69, 9.17) is 0 Å². The van der Waals surface area contributed by atoms with E-state index in [-0.39, 0.29) is 12.3 Å². The van der Waals surface area contributed by atoms with Gasteiger partial charge in [-0.3, -0.25) is 9.59 Å². The van der Waals surface area contributed by atoms with E-state index in [1.54, 1.807) is 60.8 Å². The van der Waals surface area contributed by atoms with Crippen molar-refractivity contribution in [3.63, 3.8) is 0 Å². The summed E-state index contributed by atoms with van der Waals surface area (Å²) in [6.45, 7) is 1.91. The molecule has 0 fully saturated rings. The van der Waals surface area contributed by atoms with Gasteiger partial charge in [-0.05, 0) is 65.6 Å². The summed E-state index contributed by atoms with van der Waals surface area (Å²) in [5.74, 6) is -0.142. The number of carbonyl (C=O) groups is 2. The van der Waals surface area contributed by atoms with Gasteiger partial charge in [0.05, 0.1) is 12.0 Å². The first-order valence-electron chi connectivity index (χ1n) is 11.1. The highest BCUT2D eigenvalue weighted by Gasteiger charge is 2.30. The number of carbonyl (C=O) groups excluding carboxylic acids is 2. The van der Waals surface area contributed by atoms with E-state index < -0.39 is 17.6 Å². The fourth-order valence-electron chi connectivity index (χ4n) is 3.59. The van der Waals surface area contributed by atoms with Crippen LogP contribution in [0.4, 0.5) is 24.7 Å². The number of pyridine rings is 1. The summed E-state index contributed by atoms with van der Waals surface area (Å²) in [6, 6.07) is 21.8. The van der Waals surface area contributed by atoms with Crippen LogP contribution in [0.2, 0.25) is 0 Å². The summed E-state index contributed by atoms with van der Waals surface area (Å²) < 4.78 is 38.7. The summed E-state index contributed by atoms with van der Waals surface area (Å²) in [5.41, 5.74) is 2.85. The lowest BCUT2D eigenvalue weighted by Gasteiger charge is -2.12. The molecule has 3 aromatic carbocycles. The molecule has 4 rings (SSSR count). The Morgan fingerprint density at radius 1 is 0.833 bits per heavy atom. The van der Waals surface area contributed by atoms with Crippen LogP contribution in [0, 0.1) is 6.92 Å². The van der Waals surface area contributed by atoms with Gasteiger partial charge in [-0.1, -0.05) is 48.5 Å². The second-order valence-electron chi connectivity index (χ2n) is 8.22. The summed E-state index contributed by atoms with van der Waals surface area (Å²) in [7, 11) is 0. The maximum atomic E-state index is 13.0. The quantitative estimate of drug-likeness (QED) is 0.324. The van der Waals surface area contributed by atoms with Crippen LogP contribution in [0.5, 0.6) is 0 Å². The molecule has 2 amide bonds. The number of nitrogens with zero attached hydrogens (tertiary/aromatic N) is 1. The largest absolute Gasteiger partial charge is 0.416 e. The van der Waals surface area contributed by atoms with Crippen LogP contribution in [0.15, 0.2) is 91.1 Å². The number of aromatic nitrogens is 1. The van der Waals surface area contributed by atoms with Crippen molar-refractivity contribution in [3.05, 3.63) is 113 Å². The molecule has 1 heterocycles. The maximum absolute atomic E-state index is 13.0. The Balaban J connectivity index is 1.42. The fraction of sp³-hybridized carbons (Fsp3) is 0.107. The van der Waals surface area contributed by atoms with Crippen molar-refractivity contribution in [3.8, 4) is 11.1 Å². The van der Waals surface area contributed by atoms with Crippen LogP contribution in [0.1, 0.15) is 27.0 Å². The normalized spacial score (nSPS) is 11.1. The number of benzene rings is 3. The van der Waals surface area contributed by atoms with Crippen LogP contribution in [-0.4, -0.2) is 16.8 Å². The predicted octanol–water partition coefficient (Wildman–Crippen LogP) is 6.51. The number of nitrogens with one attached hydrogen (secondary N) is 2. The third kappa shape index (κ3) is 6.15. The molecule has 0 spiro atoms. The standard InChI is InChI=1S/C28H22F3N3O2/c1-18-6-15-25(32-17-18)34-26(35)16-19-7-13-22(14-8-19)33-27(36)24-5-3-2-4-23(24)20-9-11-21(12-10-20)28(29,30)31/h2-15,17H,16H2,1H3,(H,33,36)(H,32,34,35). The number of rotatable bonds is 6. The molecule has 0 bridgehead atoms. The summed E-state index contributed by atoms with van der Waals surface area (Å²) in [4.78, 5) is 29.4. The molecular formula is C28H22F3N3O2. The maximum Gasteiger partial charge on any atom is 0.416 e. The third-order valence-electron chi connectivity index (χ3n) is 5.45. The van der Waals surface area contributed by atoms with E-state index in [0.29, 0.717) is 28.2 Å². The second-order valence-corrected chi connectivity index (χ2v) is 8.22. The zero-order valence-electron chi connectivity index (χ0n) is 19.3. The van der Waals surface area contributed by atoms with Crippen LogP contribution < -0.4 is 10.6 Å². The number of hydrogen-bond donors (Lipinski definition) is 2. The SMILES string of the molecule is Cc1ccc(NC(=O)Cc2ccc(NC(=O)c3ccccc3-c3ccc(C(F)(F)F)cc3)cc2)nc1. The van der Waals surface area contributed by atoms with Crippen molar-refractivity contribution in [2.75, 3.05) is 10.6 Å². The van der Waals surface area contributed by atoms with Crippen LogP contribution in [-0.2, 0) is 17.4 Å². The fourth-order valence-corrected chi connectivity index (χ4v) is 3.59. The topological polar surface area (TPSA) is 71.1 Å². The highest BCUT2D eigenvalue weighted by Crippen LogP contribution is 2.32. The van der Waals surface area contributed by atoms with Crippen LogP contribution in [0.3, 0.4) is 0 Å². The predicted molar refractivity (Wildman–Crippen MR) is 133 cm³/mol. The molecule has 0 atom stereocenters. The Morgan fingerprint density at radius 2 is 1.53 bits per heavy atom. The number of anilines is 2. The van der Waals surface area contributed by atoms with Gasteiger partial charge in [0.1, 0.15) is 5.82 Å². The lowest BCUT2D eigenvalue weighted by atomic mass is 9.98. The number of alkyl halides is 3. The highest BCUT2D eigenvalue weighted by molar-refractivity contribution is 6.08. The van der Waals surface area contributed by atoms with E-state index in [1.807, 2.05) is 13.0 Å². The van der Waals surface area contributed by atoms with Gasteiger partial charge in [-0.25, -0.2) is 4.98 Å². The lowest BCUT2D eigenvalue weighted by Crippen LogP contribution is -2.15. The van der Waals surface area contributed by atoms with Crippen molar-refractivity contribution in [1.82, 2.24) is 4.98 Å². The molecule has 0 unspecified atom stereocenters. The number of aryl methyl sites for hydroxylation is 1. The van der Waals surface area contributed by atoms with Crippen molar-refractivity contribution >= 4 is 23.3 Å². The molecule has 0 aliphatic heterocycles. The Morgan fingerprint density at radius 3 is 2.17 bits per heavy atom. The lowest BCUT2D eigenvalue weighted by molar-refractivity contribution is -0.137. The van der Waals surface area contributed by atoms with Gasteiger partial charge >= 0.3 is 6.18 Å². The molecular weight excluding hydrogens is 467 g/mol. The van der Waals surface area contributed by atoms with Crippen molar-refractivity contribution < 1.29 is 22.8 Å². The Labute approximate surface area is 206 Å². The number of halogens is 3. The van der Waals surface area contributed by atoms with Gasteiger partial charge in [-0.2, -0.15) is 13.2 Å². The van der Waals surface area contributed by atoms with E-state index >= 15 is 0 Å². The van der Waals surface area contributed by atoms with Crippen molar-refractivity contribution in [1.29, 1.82) is 0 Å². The van der Waals surface area contributed by atoms with Crippen molar-refractivity contribution in [2.45, 2.75) is 19.5 Å². The molecule has 4 aromatic rings. The minimum absolute atomic E-state index is 0.139. The number of hydrogen-bond acceptors (Lipinski definition) is 3. The molecule has 8 heteroatoms. The molecule has 0 aliphatic carbocycles. The van der Waals surface area contributed by atoms with Crippen LogP contribution in [0.25, 0.3) is 11.1 Å². The molecule has 0 saturated carbocycles. The third-order valence-corrected chi connectivity index (χ3v) is 5.45. The molecule has 0 radical (unpaired) electrons. The Hall–Kier alpha value is -4.46. The van der Waals surface area contributed by atoms with Crippen molar-refractivity contribution in [2.24, 2.45) is 0 Å². The summed E-state index contributed by atoms with van der Waals surface area (Å²) in [6.07, 6.45) is -2.62. The monoisotopic (exact) mass is 489 g/mol. The van der Waals surface area contributed by atoms with Crippen LogP contribution >= 0.6 is 0 Å². The first-order chi connectivity index (χ1) is 17.2. The Bertz CT molecular complexity index is 1370. The molecule has 5 nitrogen and oxygen atoms in total.